The van der Waals surface area contributed by atoms with Crippen LogP contribution >= 0.6 is 15.9 Å². The molecule has 0 spiro atoms. The molecule has 1 heterocycles. The van der Waals surface area contributed by atoms with Crippen LogP contribution in [0.25, 0.3) is 11.0 Å². The van der Waals surface area contributed by atoms with Crippen molar-refractivity contribution in [3.8, 4) is 5.75 Å². The van der Waals surface area contributed by atoms with Crippen molar-refractivity contribution in [1.82, 2.24) is 0 Å². The van der Waals surface area contributed by atoms with Gasteiger partial charge in [-0.25, -0.2) is 0 Å². The van der Waals surface area contributed by atoms with Crippen LogP contribution in [0.3, 0.4) is 0 Å². The average Bonchev–Trinajstić information content (AvgIpc) is 2.61. The highest BCUT2D eigenvalue weighted by atomic mass is 79.9. The van der Waals surface area contributed by atoms with Gasteiger partial charge < -0.3 is 14.3 Å². The van der Waals surface area contributed by atoms with E-state index in [0.717, 1.165) is 9.86 Å². The summed E-state index contributed by atoms with van der Waals surface area (Å²) in [5, 5.41) is 9.51. The fourth-order valence-corrected chi connectivity index (χ4v) is 2.07. The highest BCUT2D eigenvalue weighted by molar-refractivity contribution is 9.10. The normalized spacial score (nSPS) is 10.6. The van der Waals surface area contributed by atoms with Gasteiger partial charge in [0, 0.05) is 10.9 Å². The number of ether oxygens (including phenoxy) is 1. The van der Waals surface area contributed by atoms with Gasteiger partial charge in [0.1, 0.15) is 11.3 Å². The molecule has 0 aliphatic heterocycles. The van der Waals surface area contributed by atoms with Crippen molar-refractivity contribution < 1.29 is 19.1 Å². The zero-order chi connectivity index (χ0) is 11.7. The summed E-state index contributed by atoms with van der Waals surface area (Å²) in [7, 11) is 1.56. The van der Waals surface area contributed by atoms with Crippen molar-refractivity contribution in [1.29, 1.82) is 0 Å². The van der Waals surface area contributed by atoms with Crippen LogP contribution in [0.4, 0.5) is 0 Å². The molecule has 0 fully saturated rings. The quantitative estimate of drug-likeness (QED) is 0.942. The first-order valence-electron chi connectivity index (χ1n) is 4.57. The first-order valence-corrected chi connectivity index (χ1v) is 5.36. The number of halogens is 1. The molecular formula is C11H9BrO4. The molecule has 84 valence electrons. The van der Waals surface area contributed by atoms with Crippen LogP contribution in [0, 0.1) is 0 Å². The second kappa shape index (κ2) is 4.17. The number of aliphatic carboxylic acids is 1. The Bertz CT molecular complexity index is 544. The van der Waals surface area contributed by atoms with Crippen LogP contribution in [0.2, 0.25) is 0 Å². The summed E-state index contributed by atoms with van der Waals surface area (Å²) < 4.78 is 11.2. The van der Waals surface area contributed by atoms with Gasteiger partial charge in [0.2, 0.25) is 0 Å². The largest absolute Gasteiger partial charge is 0.497 e. The number of carboxylic acids is 1. The molecule has 2 rings (SSSR count). The van der Waals surface area contributed by atoms with Gasteiger partial charge in [-0.3, -0.25) is 4.79 Å². The number of fused-ring (bicyclic) bond motifs is 1. The summed E-state index contributed by atoms with van der Waals surface area (Å²) in [5.41, 5.74) is 1.28. The molecule has 1 aromatic heterocycles. The first kappa shape index (κ1) is 11.0. The summed E-state index contributed by atoms with van der Waals surface area (Å²) in [6, 6.07) is 3.54. The Labute approximate surface area is 99.9 Å². The van der Waals surface area contributed by atoms with Crippen molar-refractivity contribution in [3.63, 3.8) is 0 Å². The van der Waals surface area contributed by atoms with Gasteiger partial charge in [-0.15, -0.1) is 0 Å². The van der Waals surface area contributed by atoms with Crippen molar-refractivity contribution in [2.24, 2.45) is 0 Å². The Morgan fingerprint density at radius 2 is 2.31 bits per heavy atom. The van der Waals surface area contributed by atoms with Crippen molar-refractivity contribution >= 4 is 32.9 Å². The molecule has 1 aromatic carbocycles. The monoisotopic (exact) mass is 284 g/mol. The summed E-state index contributed by atoms with van der Waals surface area (Å²) >= 11 is 3.35. The maximum absolute atomic E-state index is 10.7. The van der Waals surface area contributed by atoms with E-state index >= 15 is 0 Å². The average molecular weight is 285 g/mol. The Morgan fingerprint density at radius 3 is 2.94 bits per heavy atom. The Balaban J connectivity index is 2.60. The molecule has 0 unspecified atom stereocenters. The molecule has 1 N–H and O–H groups in total. The van der Waals surface area contributed by atoms with Crippen LogP contribution in [-0.4, -0.2) is 18.2 Å². The smallest absolute Gasteiger partial charge is 0.307 e. The third-order valence-electron chi connectivity index (χ3n) is 2.26. The maximum atomic E-state index is 10.7. The molecule has 0 bridgehead atoms. The van der Waals surface area contributed by atoms with Gasteiger partial charge in [0.05, 0.1) is 24.3 Å². The fraction of sp³-hybridized carbons (Fsp3) is 0.182. The van der Waals surface area contributed by atoms with Crippen molar-refractivity contribution in [3.05, 3.63) is 28.4 Å². The van der Waals surface area contributed by atoms with Gasteiger partial charge in [-0.1, -0.05) is 0 Å². The third-order valence-corrected chi connectivity index (χ3v) is 2.85. The molecule has 4 nitrogen and oxygen atoms in total. The number of methoxy groups -OCH3 is 1. The lowest BCUT2D eigenvalue weighted by Gasteiger charge is -2.01. The number of furan rings is 1. The molecule has 16 heavy (non-hydrogen) atoms. The standard InChI is InChI=1S/C11H9BrO4/c1-15-7-3-8-6(2-10(13)14)5-16-11(8)9(12)4-7/h3-5H,2H2,1H3,(H,13,14). The molecule has 2 aromatic rings. The predicted octanol–water partition coefficient (Wildman–Crippen LogP) is 2.83. The minimum atomic E-state index is -0.887. The number of carboxylic acid groups (broad SMARTS) is 1. The van der Waals surface area contributed by atoms with E-state index in [1.54, 1.807) is 19.2 Å². The number of carbonyl (C=O) groups is 1. The van der Waals surface area contributed by atoms with Gasteiger partial charge in [-0.2, -0.15) is 0 Å². The van der Waals surface area contributed by atoms with Crippen molar-refractivity contribution in [2.45, 2.75) is 6.42 Å². The van der Waals surface area contributed by atoms with Crippen LogP contribution < -0.4 is 4.74 Å². The SMILES string of the molecule is COc1cc(Br)c2occ(CC(=O)O)c2c1. The van der Waals surface area contributed by atoms with Gasteiger partial charge in [0.25, 0.3) is 0 Å². The van der Waals surface area contributed by atoms with Gasteiger partial charge in [-0.05, 0) is 28.1 Å². The predicted molar refractivity (Wildman–Crippen MR) is 61.8 cm³/mol. The minimum absolute atomic E-state index is 0.0629. The number of rotatable bonds is 3. The highest BCUT2D eigenvalue weighted by Gasteiger charge is 2.13. The number of hydrogen-bond donors (Lipinski definition) is 1. The number of benzene rings is 1. The zero-order valence-corrected chi connectivity index (χ0v) is 10.1. The highest BCUT2D eigenvalue weighted by Crippen LogP contribution is 2.32. The van der Waals surface area contributed by atoms with E-state index in [4.69, 9.17) is 14.3 Å². The van der Waals surface area contributed by atoms with E-state index < -0.39 is 5.97 Å². The van der Waals surface area contributed by atoms with E-state index in [1.807, 2.05) is 0 Å². The van der Waals surface area contributed by atoms with Crippen LogP contribution in [0.15, 0.2) is 27.3 Å². The lowest BCUT2D eigenvalue weighted by molar-refractivity contribution is -0.136. The van der Waals surface area contributed by atoms with E-state index in [9.17, 15) is 4.79 Å². The molecule has 0 saturated carbocycles. The lowest BCUT2D eigenvalue weighted by Crippen LogP contribution is -1.98. The third kappa shape index (κ3) is 1.90. The first-order chi connectivity index (χ1) is 7.61. The lowest BCUT2D eigenvalue weighted by atomic mass is 10.1. The van der Waals surface area contributed by atoms with Gasteiger partial charge in [0.15, 0.2) is 0 Å². The number of hydrogen-bond acceptors (Lipinski definition) is 3. The van der Waals surface area contributed by atoms with E-state index in [0.29, 0.717) is 16.9 Å². The van der Waals surface area contributed by atoms with Crippen LogP contribution in [0.5, 0.6) is 5.75 Å². The molecule has 0 atom stereocenters. The summed E-state index contributed by atoms with van der Waals surface area (Å²) in [5.74, 6) is -0.228. The molecule has 0 aliphatic carbocycles. The van der Waals surface area contributed by atoms with E-state index in [2.05, 4.69) is 15.9 Å². The minimum Gasteiger partial charge on any atom is -0.497 e. The molecule has 5 heteroatoms. The zero-order valence-electron chi connectivity index (χ0n) is 8.49. The second-order valence-electron chi connectivity index (χ2n) is 3.32. The molecular weight excluding hydrogens is 276 g/mol. The molecule has 0 amide bonds. The topological polar surface area (TPSA) is 59.7 Å². The van der Waals surface area contributed by atoms with Crippen LogP contribution in [-0.2, 0) is 11.2 Å². The Hall–Kier alpha value is -1.49. The molecule has 0 saturated heterocycles. The summed E-state index contributed by atoms with van der Waals surface area (Å²) in [4.78, 5) is 10.7. The summed E-state index contributed by atoms with van der Waals surface area (Å²) in [6.07, 6.45) is 1.40. The maximum Gasteiger partial charge on any atom is 0.307 e. The van der Waals surface area contributed by atoms with Gasteiger partial charge >= 0.3 is 5.97 Å². The van der Waals surface area contributed by atoms with E-state index in [1.165, 1.54) is 6.26 Å². The fourth-order valence-electron chi connectivity index (χ4n) is 1.54. The van der Waals surface area contributed by atoms with E-state index in [-0.39, 0.29) is 6.42 Å². The van der Waals surface area contributed by atoms with Crippen LogP contribution in [0.1, 0.15) is 5.56 Å². The van der Waals surface area contributed by atoms with Crippen molar-refractivity contribution in [2.75, 3.05) is 7.11 Å². The second-order valence-corrected chi connectivity index (χ2v) is 4.17. The molecule has 0 radical (unpaired) electrons. The Morgan fingerprint density at radius 1 is 1.56 bits per heavy atom. The summed E-state index contributed by atoms with van der Waals surface area (Å²) in [6.45, 7) is 0. The molecule has 0 aliphatic rings. The Kier molecular flexibility index (Phi) is 2.87.